The molecule has 0 radical (unpaired) electrons. The van der Waals surface area contributed by atoms with Gasteiger partial charge < -0.3 is 14.8 Å². The molecule has 0 saturated carbocycles. The smallest absolute Gasteiger partial charge is 0.269 e. The Bertz CT molecular complexity index is 636. The van der Waals surface area contributed by atoms with E-state index in [2.05, 4.69) is 10.4 Å². The van der Waals surface area contributed by atoms with E-state index in [0.29, 0.717) is 12.2 Å². The average Bonchev–Trinajstić information content (AvgIpc) is 3.06. The second kappa shape index (κ2) is 5.24. The number of carbonyl (C=O) groups excluding carboxylic acids is 1. The molecule has 1 aromatic carbocycles. The van der Waals surface area contributed by atoms with Gasteiger partial charge in [-0.15, -0.1) is 0 Å². The van der Waals surface area contributed by atoms with Crippen LogP contribution in [-0.4, -0.2) is 29.0 Å². The summed E-state index contributed by atoms with van der Waals surface area (Å²) in [5, 5.41) is 6.84. The number of hydrogen-bond acceptors (Lipinski definition) is 4. The standard InChI is InChI=1S/C14H15N3O3/c1-17-11(5-7-16-17)14(18)15-6-4-10-2-3-12-13(8-10)20-9-19-12/h2-3,5,7-8H,4,6,9H2,1H3,(H,15,18). The van der Waals surface area contributed by atoms with Crippen LogP contribution in [0.2, 0.25) is 0 Å². The lowest BCUT2D eigenvalue weighted by atomic mass is 10.1. The van der Waals surface area contributed by atoms with Gasteiger partial charge in [0, 0.05) is 19.8 Å². The number of ether oxygens (including phenoxy) is 2. The van der Waals surface area contributed by atoms with Gasteiger partial charge in [0.2, 0.25) is 6.79 Å². The van der Waals surface area contributed by atoms with E-state index in [4.69, 9.17) is 9.47 Å². The predicted molar refractivity (Wildman–Crippen MR) is 71.8 cm³/mol. The van der Waals surface area contributed by atoms with E-state index in [-0.39, 0.29) is 12.7 Å². The second-order valence-electron chi connectivity index (χ2n) is 4.53. The summed E-state index contributed by atoms with van der Waals surface area (Å²) in [5.74, 6) is 1.42. The molecule has 0 aliphatic carbocycles. The zero-order valence-electron chi connectivity index (χ0n) is 11.1. The van der Waals surface area contributed by atoms with Crippen molar-refractivity contribution in [1.29, 1.82) is 0 Å². The number of nitrogens with zero attached hydrogens (tertiary/aromatic N) is 2. The third-order valence-corrected chi connectivity index (χ3v) is 3.19. The SMILES string of the molecule is Cn1nccc1C(=O)NCCc1ccc2c(c1)OCO2. The van der Waals surface area contributed by atoms with E-state index in [1.807, 2.05) is 18.2 Å². The van der Waals surface area contributed by atoms with Gasteiger partial charge in [-0.25, -0.2) is 0 Å². The highest BCUT2D eigenvalue weighted by Crippen LogP contribution is 2.32. The zero-order chi connectivity index (χ0) is 13.9. The number of aryl methyl sites for hydroxylation is 1. The largest absolute Gasteiger partial charge is 0.454 e. The topological polar surface area (TPSA) is 65.4 Å². The van der Waals surface area contributed by atoms with Crippen molar-refractivity contribution in [3.05, 3.63) is 41.7 Å². The van der Waals surface area contributed by atoms with Crippen molar-refractivity contribution in [2.24, 2.45) is 7.05 Å². The van der Waals surface area contributed by atoms with Crippen molar-refractivity contribution < 1.29 is 14.3 Å². The maximum absolute atomic E-state index is 11.9. The first-order valence-corrected chi connectivity index (χ1v) is 6.39. The van der Waals surface area contributed by atoms with Gasteiger partial charge in [0.05, 0.1) is 0 Å². The molecule has 6 heteroatoms. The average molecular weight is 273 g/mol. The number of aromatic nitrogens is 2. The quantitative estimate of drug-likeness (QED) is 0.906. The van der Waals surface area contributed by atoms with Gasteiger partial charge >= 0.3 is 0 Å². The van der Waals surface area contributed by atoms with Gasteiger partial charge in [-0.05, 0) is 30.2 Å². The number of nitrogens with one attached hydrogen (secondary N) is 1. The Morgan fingerprint density at radius 1 is 1.35 bits per heavy atom. The Morgan fingerprint density at radius 2 is 2.20 bits per heavy atom. The molecule has 1 aliphatic rings. The van der Waals surface area contributed by atoms with E-state index >= 15 is 0 Å². The fraction of sp³-hybridized carbons (Fsp3) is 0.286. The summed E-state index contributed by atoms with van der Waals surface area (Å²) in [7, 11) is 1.74. The summed E-state index contributed by atoms with van der Waals surface area (Å²) < 4.78 is 12.1. The third-order valence-electron chi connectivity index (χ3n) is 3.19. The second-order valence-corrected chi connectivity index (χ2v) is 4.53. The number of benzene rings is 1. The van der Waals surface area contributed by atoms with Crippen molar-refractivity contribution in [2.45, 2.75) is 6.42 Å². The molecule has 2 heterocycles. The van der Waals surface area contributed by atoms with Crippen LogP contribution in [0.5, 0.6) is 11.5 Å². The first-order valence-electron chi connectivity index (χ1n) is 6.39. The Hall–Kier alpha value is -2.50. The maximum atomic E-state index is 11.9. The lowest BCUT2D eigenvalue weighted by molar-refractivity contribution is 0.0944. The molecule has 0 unspecified atom stereocenters. The molecule has 3 rings (SSSR count). The monoisotopic (exact) mass is 273 g/mol. The number of rotatable bonds is 4. The predicted octanol–water partition coefficient (Wildman–Crippen LogP) is 1.12. The molecule has 2 aromatic rings. The number of amides is 1. The molecule has 0 bridgehead atoms. The summed E-state index contributed by atoms with van der Waals surface area (Å²) in [4.78, 5) is 11.9. The number of fused-ring (bicyclic) bond motifs is 1. The third kappa shape index (κ3) is 2.45. The summed E-state index contributed by atoms with van der Waals surface area (Å²) in [6, 6.07) is 7.50. The van der Waals surface area contributed by atoms with Crippen LogP contribution in [0.1, 0.15) is 16.1 Å². The van der Waals surface area contributed by atoms with Crippen molar-refractivity contribution >= 4 is 5.91 Å². The van der Waals surface area contributed by atoms with Gasteiger partial charge in [-0.3, -0.25) is 9.48 Å². The minimum Gasteiger partial charge on any atom is -0.454 e. The molecule has 0 fully saturated rings. The lowest BCUT2D eigenvalue weighted by Crippen LogP contribution is -2.27. The summed E-state index contributed by atoms with van der Waals surface area (Å²) in [5.41, 5.74) is 1.65. The molecule has 1 amide bonds. The Kier molecular flexibility index (Phi) is 3.28. The van der Waals surface area contributed by atoms with Gasteiger partial charge in [0.1, 0.15) is 5.69 Å². The van der Waals surface area contributed by atoms with Crippen molar-refractivity contribution in [2.75, 3.05) is 13.3 Å². The van der Waals surface area contributed by atoms with E-state index < -0.39 is 0 Å². The minimum absolute atomic E-state index is 0.120. The summed E-state index contributed by atoms with van der Waals surface area (Å²) >= 11 is 0. The van der Waals surface area contributed by atoms with Crippen LogP contribution in [0.15, 0.2) is 30.5 Å². The molecule has 104 valence electrons. The molecule has 0 atom stereocenters. The molecule has 1 aromatic heterocycles. The number of hydrogen-bond donors (Lipinski definition) is 1. The Morgan fingerprint density at radius 3 is 3.00 bits per heavy atom. The van der Waals surface area contributed by atoms with Crippen LogP contribution >= 0.6 is 0 Å². The normalized spacial score (nSPS) is 12.4. The fourth-order valence-electron chi connectivity index (χ4n) is 2.10. The highest BCUT2D eigenvalue weighted by molar-refractivity contribution is 5.92. The summed E-state index contributed by atoms with van der Waals surface area (Å²) in [6.45, 7) is 0.833. The molecular formula is C14H15N3O3. The molecule has 1 aliphatic heterocycles. The van der Waals surface area contributed by atoms with Gasteiger partial charge in [-0.1, -0.05) is 6.07 Å². The summed E-state index contributed by atoms with van der Waals surface area (Å²) in [6.07, 6.45) is 2.34. The first kappa shape index (κ1) is 12.5. The van der Waals surface area contributed by atoms with Gasteiger partial charge in [0.15, 0.2) is 11.5 Å². The van der Waals surface area contributed by atoms with Crippen molar-refractivity contribution in [3.8, 4) is 11.5 Å². The molecule has 6 nitrogen and oxygen atoms in total. The van der Waals surface area contributed by atoms with Crippen LogP contribution in [-0.2, 0) is 13.5 Å². The van der Waals surface area contributed by atoms with Crippen LogP contribution in [0.3, 0.4) is 0 Å². The molecular weight excluding hydrogens is 258 g/mol. The Balaban J connectivity index is 1.55. The lowest BCUT2D eigenvalue weighted by Gasteiger charge is -2.06. The van der Waals surface area contributed by atoms with E-state index in [9.17, 15) is 4.79 Å². The highest BCUT2D eigenvalue weighted by atomic mass is 16.7. The maximum Gasteiger partial charge on any atom is 0.269 e. The van der Waals surface area contributed by atoms with Crippen LogP contribution in [0, 0.1) is 0 Å². The van der Waals surface area contributed by atoms with Crippen LogP contribution in [0.25, 0.3) is 0 Å². The van der Waals surface area contributed by atoms with Crippen molar-refractivity contribution in [1.82, 2.24) is 15.1 Å². The number of carbonyl (C=O) groups is 1. The zero-order valence-corrected chi connectivity index (χ0v) is 11.1. The van der Waals surface area contributed by atoms with Gasteiger partial charge in [0.25, 0.3) is 5.91 Å². The highest BCUT2D eigenvalue weighted by Gasteiger charge is 2.13. The molecule has 0 saturated heterocycles. The molecule has 20 heavy (non-hydrogen) atoms. The van der Waals surface area contributed by atoms with Crippen LogP contribution in [0.4, 0.5) is 0 Å². The molecule has 0 spiro atoms. The first-order chi connectivity index (χ1) is 9.74. The van der Waals surface area contributed by atoms with E-state index in [0.717, 1.165) is 23.5 Å². The Labute approximate surface area is 116 Å². The van der Waals surface area contributed by atoms with Gasteiger partial charge in [-0.2, -0.15) is 5.10 Å². The van der Waals surface area contributed by atoms with E-state index in [1.54, 1.807) is 24.0 Å². The minimum atomic E-state index is -0.120. The van der Waals surface area contributed by atoms with Crippen LogP contribution < -0.4 is 14.8 Å². The van der Waals surface area contributed by atoms with E-state index in [1.165, 1.54) is 0 Å². The fourth-order valence-corrected chi connectivity index (χ4v) is 2.10. The van der Waals surface area contributed by atoms with Crippen molar-refractivity contribution in [3.63, 3.8) is 0 Å². The molecule has 1 N–H and O–H groups in total.